The third-order valence-corrected chi connectivity index (χ3v) is 3.74. The molecule has 1 aliphatic rings. The van der Waals surface area contributed by atoms with E-state index < -0.39 is 0 Å². The molecular weight excluding hydrogens is 236 g/mol. The first-order valence-electron chi connectivity index (χ1n) is 5.83. The predicted molar refractivity (Wildman–Crippen MR) is 67.0 cm³/mol. The maximum absolute atomic E-state index is 11.7. The van der Waals surface area contributed by atoms with Crippen LogP contribution < -0.4 is 5.48 Å². The Kier molecular flexibility index (Phi) is 4.14. The third-order valence-electron chi connectivity index (χ3n) is 2.90. The number of hydroxylamine groups is 1. The lowest BCUT2D eigenvalue weighted by Crippen LogP contribution is -2.26. The lowest BCUT2D eigenvalue weighted by molar-refractivity contribution is -0.154. The van der Waals surface area contributed by atoms with Crippen molar-refractivity contribution < 1.29 is 9.63 Å². The highest BCUT2D eigenvalue weighted by Crippen LogP contribution is 2.24. The van der Waals surface area contributed by atoms with Gasteiger partial charge >= 0.3 is 5.97 Å². The smallest absolute Gasteiger partial charge is 0.335 e. The second-order valence-corrected chi connectivity index (χ2v) is 5.07. The minimum absolute atomic E-state index is 0.0420. The van der Waals surface area contributed by atoms with Crippen molar-refractivity contribution >= 4 is 23.0 Å². The van der Waals surface area contributed by atoms with E-state index >= 15 is 0 Å². The number of hydrogen-bond acceptors (Lipinski definition) is 5. The molecule has 1 fully saturated rings. The molecule has 1 aromatic rings. The zero-order chi connectivity index (χ0) is 12.1. The number of rotatable bonds is 4. The summed E-state index contributed by atoms with van der Waals surface area (Å²) in [5.41, 5.74) is 3.12. The van der Waals surface area contributed by atoms with Crippen LogP contribution in [-0.4, -0.2) is 11.0 Å². The molecule has 0 amide bonds. The van der Waals surface area contributed by atoms with E-state index in [0.717, 1.165) is 30.7 Å². The van der Waals surface area contributed by atoms with Crippen LogP contribution in [-0.2, 0) is 9.63 Å². The molecule has 0 radical (unpaired) electrons. The number of aromatic nitrogens is 1. The Bertz CT molecular complexity index is 383. The summed E-state index contributed by atoms with van der Waals surface area (Å²) in [6.45, 7) is 3.77. The standard InChI is InChI=1S/C12H16N2O2S/c1-9(11-13-7-8-17-11)14-16-12(15)10-5-3-2-4-6-10/h7-8,10,14H,1-6H2. The molecule has 2 rings (SSSR count). The van der Waals surface area contributed by atoms with Gasteiger partial charge < -0.3 is 4.84 Å². The Balaban J connectivity index is 1.77. The van der Waals surface area contributed by atoms with Crippen molar-refractivity contribution in [3.05, 3.63) is 23.2 Å². The molecule has 1 heterocycles. The second-order valence-electron chi connectivity index (χ2n) is 4.17. The third kappa shape index (κ3) is 3.30. The lowest BCUT2D eigenvalue weighted by atomic mass is 9.89. The fourth-order valence-corrected chi connectivity index (χ4v) is 2.51. The summed E-state index contributed by atoms with van der Waals surface area (Å²) in [6.07, 6.45) is 7.02. The second kappa shape index (κ2) is 5.82. The van der Waals surface area contributed by atoms with Gasteiger partial charge in [-0.3, -0.25) is 0 Å². The summed E-state index contributed by atoms with van der Waals surface area (Å²) in [5, 5.41) is 2.59. The summed E-state index contributed by atoms with van der Waals surface area (Å²) in [6, 6.07) is 0. The molecule has 17 heavy (non-hydrogen) atoms. The van der Waals surface area contributed by atoms with E-state index in [9.17, 15) is 4.79 Å². The Morgan fingerprint density at radius 3 is 2.88 bits per heavy atom. The van der Waals surface area contributed by atoms with Crippen LogP contribution in [0, 0.1) is 5.92 Å². The van der Waals surface area contributed by atoms with Gasteiger partial charge in [0.05, 0.1) is 5.92 Å². The lowest BCUT2D eigenvalue weighted by Gasteiger charge is -2.19. The van der Waals surface area contributed by atoms with Gasteiger partial charge in [-0.2, -0.15) is 0 Å². The van der Waals surface area contributed by atoms with E-state index in [2.05, 4.69) is 17.0 Å². The maximum atomic E-state index is 11.7. The van der Waals surface area contributed by atoms with E-state index in [4.69, 9.17) is 4.84 Å². The molecule has 0 spiro atoms. The van der Waals surface area contributed by atoms with Crippen LogP contribution >= 0.6 is 11.3 Å². The Hall–Kier alpha value is -1.36. The molecule has 0 aromatic carbocycles. The highest BCUT2D eigenvalue weighted by atomic mass is 32.1. The number of nitrogens with zero attached hydrogens (tertiary/aromatic N) is 1. The van der Waals surface area contributed by atoms with Crippen LogP contribution in [0.1, 0.15) is 37.1 Å². The zero-order valence-corrected chi connectivity index (χ0v) is 10.5. The molecule has 1 N–H and O–H groups in total. The molecule has 4 nitrogen and oxygen atoms in total. The highest BCUT2D eigenvalue weighted by molar-refractivity contribution is 7.10. The SMILES string of the molecule is C=C(NOC(=O)C1CCCCC1)c1nccs1. The van der Waals surface area contributed by atoms with Crippen molar-refractivity contribution in [2.24, 2.45) is 5.92 Å². The quantitative estimate of drug-likeness (QED) is 0.837. The highest BCUT2D eigenvalue weighted by Gasteiger charge is 2.23. The molecule has 1 saturated carbocycles. The van der Waals surface area contributed by atoms with E-state index in [1.807, 2.05) is 5.38 Å². The summed E-state index contributed by atoms with van der Waals surface area (Å²) < 4.78 is 0. The van der Waals surface area contributed by atoms with Gasteiger partial charge in [0, 0.05) is 11.6 Å². The molecule has 92 valence electrons. The van der Waals surface area contributed by atoms with Crippen molar-refractivity contribution in [1.29, 1.82) is 0 Å². The fraction of sp³-hybridized carbons (Fsp3) is 0.500. The maximum Gasteiger partial charge on any atom is 0.335 e. The van der Waals surface area contributed by atoms with Gasteiger partial charge in [0.2, 0.25) is 0 Å². The van der Waals surface area contributed by atoms with Crippen LogP contribution in [0.25, 0.3) is 5.70 Å². The number of nitrogens with one attached hydrogen (secondary N) is 1. The molecule has 0 atom stereocenters. The first-order valence-corrected chi connectivity index (χ1v) is 6.71. The molecule has 0 unspecified atom stereocenters. The largest absolute Gasteiger partial charge is 0.343 e. The normalized spacial score (nSPS) is 16.5. The fourth-order valence-electron chi connectivity index (χ4n) is 1.95. The van der Waals surface area contributed by atoms with Crippen LogP contribution in [0.15, 0.2) is 18.2 Å². The topological polar surface area (TPSA) is 51.2 Å². The molecule has 5 heteroatoms. The number of carbonyl (C=O) groups is 1. The average Bonchev–Trinajstić information content (AvgIpc) is 2.90. The van der Waals surface area contributed by atoms with Gasteiger partial charge in [-0.25, -0.2) is 15.3 Å². The predicted octanol–water partition coefficient (Wildman–Crippen LogP) is 2.74. The van der Waals surface area contributed by atoms with Crippen molar-refractivity contribution in [2.75, 3.05) is 0 Å². The van der Waals surface area contributed by atoms with Crippen molar-refractivity contribution in [2.45, 2.75) is 32.1 Å². The zero-order valence-electron chi connectivity index (χ0n) is 9.65. The first kappa shape index (κ1) is 12.1. The van der Waals surface area contributed by atoms with Crippen LogP contribution in [0.5, 0.6) is 0 Å². The van der Waals surface area contributed by atoms with Crippen molar-refractivity contribution in [3.8, 4) is 0 Å². The van der Waals surface area contributed by atoms with E-state index in [1.54, 1.807) is 6.20 Å². The van der Waals surface area contributed by atoms with E-state index in [1.165, 1.54) is 17.8 Å². The molecule has 0 saturated heterocycles. The molecule has 1 aliphatic carbocycles. The van der Waals surface area contributed by atoms with Crippen LogP contribution in [0.3, 0.4) is 0 Å². The Morgan fingerprint density at radius 2 is 2.24 bits per heavy atom. The van der Waals surface area contributed by atoms with Gasteiger partial charge in [0.25, 0.3) is 0 Å². The van der Waals surface area contributed by atoms with E-state index in [0.29, 0.717) is 5.70 Å². The summed E-state index contributed by atoms with van der Waals surface area (Å²) in [7, 11) is 0. The average molecular weight is 252 g/mol. The van der Waals surface area contributed by atoms with Crippen LogP contribution in [0.4, 0.5) is 0 Å². The number of thiazole rings is 1. The minimum Gasteiger partial charge on any atom is -0.343 e. The summed E-state index contributed by atoms with van der Waals surface area (Å²) in [4.78, 5) is 20.8. The van der Waals surface area contributed by atoms with E-state index in [-0.39, 0.29) is 11.9 Å². The Morgan fingerprint density at radius 1 is 1.47 bits per heavy atom. The monoisotopic (exact) mass is 252 g/mol. The van der Waals surface area contributed by atoms with Gasteiger partial charge in [0.1, 0.15) is 10.7 Å². The van der Waals surface area contributed by atoms with Gasteiger partial charge in [-0.05, 0) is 12.8 Å². The number of carbonyl (C=O) groups excluding carboxylic acids is 1. The summed E-state index contributed by atoms with van der Waals surface area (Å²) in [5.74, 6) is -0.136. The molecule has 0 bridgehead atoms. The van der Waals surface area contributed by atoms with Gasteiger partial charge in [0.15, 0.2) is 0 Å². The number of hydrogen-bond donors (Lipinski definition) is 1. The molecular formula is C12H16N2O2S. The molecule has 1 aromatic heterocycles. The van der Waals surface area contributed by atoms with Crippen LogP contribution in [0.2, 0.25) is 0 Å². The molecule has 0 aliphatic heterocycles. The van der Waals surface area contributed by atoms with Crippen molar-refractivity contribution in [3.63, 3.8) is 0 Å². The van der Waals surface area contributed by atoms with Gasteiger partial charge in [-0.15, -0.1) is 11.3 Å². The minimum atomic E-state index is -0.178. The van der Waals surface area contributed by atoms with Gasteiger partial charge in [-0.1, -0.05) is 25.8 Å². The first-order chi connectivity index (χ1) is 8.27. The van der Waals surface area contributed by atoms with Crippen molar-refractivity contribution in [1.82, 2.24) is 10.5 Å². The summed E-state index contributed by atoms with van der Waals surface area (Å²) >= 11 is 1.45. The Labute approximate surface area is 105 Å².